The standard InChI is InChI=1S/C19H19F2N5O4S/c1-10-15(11(2)30-25-10)29-19(28)26(3)9-14-16(21)31-18(23-14)24-17(27)22-8-12-5-4-6-13(20)7-12/h4-7H,8-9H2,1-3H3,(H2,22,23,24,27). The van der Waals surface area contributed by atoms with Crippen LogP contribution in [-0.2, 0) is 13.1 Å². The molecule has 0 unspecified atom stereocenters. The zero-order valence-corrected chi connectivity index (χ0v) is 17.7. The van der Waals surface area contributed by atoms with Crippen molar-refractivity contribution in [1.82, 2.24) is 20.4 Å². The van der Waals surface area contributed by atoms with Crippen molar-refractivity contribution in [2.24, 2.45) is 0 Å². The van der Waals surface area contributed by atoms with E-state index in [1.807, 2.05) is 0 Å². The molecule has 164 valence electrons. The zero-order valence-electron chi connectivity index (χ0n) is 16.9. The van der Waals surface area contributed by atoms with Gasteiger partial charge in [0.05, 0.1) is 6.54 Å². The fourth-order valence-electron chi connectivity index (χ4n) is 2.53. The number of anilines is 1. The number of carbonyl (C=O) groups is 2. The van der Waals surface area contributed by atoms with Gasteiger partial charge in [0.15, 0.2) is 16.6 Å². The molecule has 3 amide bonds. The van der Waals surface area contributed by atoms with Crippen LogP contribution in [-0.4, -0.2) is 34.2 Å². The molecule has 2 heterocycles. The minimum Gasteiger partial charge on any atom is -0.404 e. The average molecular weight is 451 g/mol. The molecule has 0 radical (unpaired) electrons. The van der Waals surface area contributed by atoms with E-state index in [-0.39, 0.29) is 29.7 Å². The van der Waals surface area contributed by atoms with Gasteiger partial charge in [-0.1, -0.05) is 28.6 Å². The van der Waals surface area contributed by atoms with E-state index in [4.69, 9.17) is 9.26 Å². The molecule has 3 rings (SSSR count). The van der Waals surface area contributed by atoms with Crippen LogP contribution in [0.2, 0.25) is 0 Å². The number of urea groups is 1. The highest BCUT2D eigenvalue weighted by atomic mass is 32.1. The van der Waals surface area contributed by atoms with Crippen molar-refractivity contribution in [2.45, 2.75) is 26.9 Å². The fourth-order valence-corrected chi connectivity index (χ4v) is 3.23. The number of aryl methyl sites for hydroxylation is 2. The molecular formula is C19H19F2N5O4S. The van der Waals surface area contributed by atoms with Crippen LogP contribution >= 0.6 is 11.3 Å². The van der Waals surface area contributed by atoms with E-state index < -0.39 is 23.1 Å². The van der Waals surface area contributed by atoms with Crippen molar-refractivity contribution >= 4 is 28.6 Å². The van der Waals surface area contributed by atoms with E-state index in [0.29, 0.717) is 28.4 Å². The maximum atomic E-state index is 14.2. The lowest BCUT2D eigenvalue weighted by atomic mass is 10.2. The number of benzene rings is 1. The number of halogens is 2. The molecule has 0 atom stereocenters. The van der Waals surface area contributed by atoms with Crippen LogP contribution in [0.1, 0.15) is 22.7 Å². The molecule has 0 spiro atoms. The second kappa shape index (κ2) is 9.51. The molecular weight excluding hydrogens is 432 g/mol. The Morgan fingerprint density at radius 2 is 2.06 bits per heavy atom. The number of amides is 3. The Hall–Kier alpha value is -3.54. The first-order chi connectivity index (χ1) is 14.7. The first kappa shape index (κ1) is 22.2. The Morgan fingerprint density at radius 1 is 1.29 bits per heavy atom. The van der Waals surface area contributed by atoms with Gasteiger partial charge < -0.3 is 19.5 Å². The van der Waals surface area contributed by atoms with Gasteiger partial charge in [-0.25, -0.2) is 19.0 Å². The van der Waals surface area contributed by atoms with E-state index in [1.165, 1.54) is 25.2 Å². The molecule has 12 heteroatoms. The van der Waals surface area contributed by atoms with Crippen molar-refractivity contribution in [2.75, 3.05) is 12.4 Å². The molecule has 2 aromatic heterocycles. The Morgan fingerprint density at radius 3 is 2.74 bits per heavy atom. The fraction of sp³-hybridized carbons (Fsp3) is 0.263. The van der Waals surface area contributed by atoms with Gasteiger partial charge in [-0.2, -0.15) is 4.39 Å². The second-order valence-corrected chi connectivity index (χ2v) is 7.50. The number of hydrogen-bond acceptors (Lipinski definition) is 7. The Bertz CT molecular complexity index is 1080. The molecule has 0 aliphatic rings. The maximum Gasteiger partial charge on any atom is 0.415 e. The van der Waals surface area contributed by atoms with Crippen LogP contribution < -0.4 is 15.4 Å². The van der Waals surface area contributed by atoms with Gasteiger partial charge in [0, 0.05) is 20.5 Å². The smallest absolute Gasteiger partial charge is 0.404 e. The number of rotatable bonds is 6. The summed E-state index contributed by atoms with van der Waals surface area (Å²) in [7, 11) is 1.41. The summed E-state index contributed by atoms with van der Waals surface area (Å²) in [5.74, 6) is 0.131. The Labute approximate surface area is 180 Å². The predicted octanol–water partition coefficient (Wildman–Crippen LogP) is 3.98. The summed E-state index contributed by atoms with van der Waals surface area (Å²) >= 11 is 0.617. The number of ether oxygens (including phenoxy) is 1. The van der Waals surface area contributed by atoms with Crippen LogP contribution in [0.5, 0.6) is 5.75 Å². The van der Waals surface area contributed by atoms with Gasteiger partial charge in [0.2, 0.25) is 5.13 Å². The molecule has 0 bridgehead atoms. The maximum absolute atomic E-state index is 14.2. The predicted molar refractivity (Wildman–Crippen MR) is 108 cm³/mol. The summed E-state index contributed by atoms with van der Waals surface area (Å²) in [6, 6.07) is 5.14. The molecule has 1 aromatic carbocycles. The molecule has 0 fully saturated rings. The monoisotopic (exact) mass is 451 g/mol. The summed E-state index contributed by atoms with van der Waals surface area (Å²) in [5, 5.41) is 7.98. The SMILES string of the molecule is Cc1noc(C)c1OC(=O)N(C)Cc1nc(NC(=O)NCc2cccc(F)c2)sc1F. The minimum absolute atomic E-state index is 0.0109. The summed E-state index contributed by atoms with van der Waals surface area (Å²) in [6.07, 6.45) is -0.746. The summed E-state index contributed by atoms with van der Waals surface area (Å²) < 4.78 is 37.5. The molecule has 31 heavy (non-hydrogen) atoms. The van der Waals surface area contributed by atoms with Gasteiger partial charge in [0.25, 0.3) is 0 Å². The van der Waals surface area contributed by atoms with E-state index in [9.17, 15) is 18.4 Å². The highest BCUT2D eigenvalue weighted by Gasteiger charge is 2.21. The highest BCUT2D eigenvalue weighted by Crippen LogP contribution is 2.24. The largest absolute Gasteiger partial charge is 0.415 e. The van der Waals surface area contributed by atoms with Crippen LogP contribution in [0.3, 0.4) is 0 Å². The summed E-state index contributed by atoms with van der Waals surface area (Å²) in [5.41, 5.74) is 0.943. The lowest BCUT2D eigenvalue weighted by molar-refractivity contribution is 0.159. The van der Waals surface area contributed by atoms with Gasteiger partial charge >= 0.3 is 12.1 Å². The first-order valence-corrected chi connectivity index (χ1v) is 9.85. The molecule has 0 aliphatic carbocycles. The van der Waals surface area contributed by atoms with E-state index in [1.54, 1.807) is 19.9 Å². The zero-order chi connectivity index (χ0) is 22.5. The molecule has 2 N–H and O–H groups in total. The van der Waals surface area contributed by atoms with Crippen molar-refractivity contribution in [3.05, 3.63) is 57.9 Å². The third-order valence-corrected chi connectivity index (χ3v) is 4.87. The number of nitrogens with one attached hydrogen (secondary N) is 2. The number of carbonyl (C=O) groups excluding carboxylic acids is 2. The summed E-state index contributed by atoms with van der Waals surface area (Å²) in [6.45, 7) is 3.12. The van der Waals surface area contributed by atoms with Gasteiger partial charge in [-0.3, -0.25) is 5.32 Å². The molecule has 0 aliphatic heterocycles. The van der Waals surface area contributed by atoms with Crippen LogP contribution in [0.15, 0.2) is 28.8 Å². The number of hydrogen-bond donors (Lipinski definition) is 2. The topological polar surface area (TPSA) is 110 Å². The van der Waals surface area contributed by atoms with Crippen molar-refractivity contribution in [1.29, 1.82) is 0 Å². The third-order valence-electron chi connectivity index (χ3n) is 4.07. The van der Waals surface area contributed by atoms with Gasteiger partial charge in [-0.05, 0) is 24.6 Å². The van der Waals surface area contributed by atoms with Crippen LogP contribution in [0.25, 0.3) is 0 Å². The normalized spacial score (nSPS) is 10.6. The second-order valence-electron chi connectivity index (χ2n) is 6.55. The van der Waals surface area contributed by atoms with Crippen LogP contribution in [0, 0.1) is 24.8 Å². The van der Waals surface area contributed by atoms with E-state index in [0.717, 1.165) is 4.90 Å². The minimum atomic E-state index is -0.746. The highest BCUT2D eigenvalue weighted by molar-refractivity contribution is 7.14. The molecule has 9 nitrogen and oxygen atoms in total. The lowest BCUT2D eigenvalue weighted by Crippen LogP contribution is -2.30. The molecule has 0 saturated carbocycles. The van der Waals surface area contributed by atoms with E-state index in [2.05, 4.69) is 20.8 Å². The van der Waals surface area contributed by atoms with Crippen LogP contribution in [0.4, 0.5) is 23.5 Å². The average Bonchev–Trinajstić information content (AvgIpc) is 3.22. The van der Waals surface area contributed by atoms with Gasteiger partial charge in [0.1, 0.15) is 17.2 Å². The third kappa shape index (κ3) is 5.75. The summed E-state index contributed by atoms with van der Waals surface area (Å²) in [4.78, 5) is 29.4. The van der Waals surface area contributed by atoms with Crippen molar-refractivity contribution in [3.63, 3.8) is 0 Å². The molecule has 0 saturated heterocycles. The molecule has 3 aromatic rings. The lowest BCUT2D eigenvalue weighted by Gasteiger charge is -2.15. The number of thiazole rings is 1. The Kier molecular flexibility index (Phi) is 6.80. The quantitative estimate of drug-likeness (QED) is 0.587. The van der Waals surface area contributed by atoms with E-state index >= 15 is 0 Å². The van der Waals surface area contributed by atoms with Gasteiger partial charge in [-0.15, -0.1) is 0 Å². The van der Waals surface area contributed by atoms with Crippen molar-refractivity contribution in [3.8, 4) is 5.75 Å². The number of aromatic nitrogens is 2. The first-order valence-electron chi connectivity index (χ1n) is 9.03. The van der Waals surface area contributed by atoms with Crippen molar-refractivity contribution < 1.29 is 27.6 Å². The number of nitrogens with zero attached hydrogens (tertiary/aromatic N) is 3. The Balaban J connectivity index is 1.54.